The highest BCUT2D eigenvalue weighted by Crippen LogP contribution is 2.19. The molecule has 0 saturated carbocycles. The SMILES string of the molecule is Cc1cc(F)ccc1C(=O)N1CCCC(CN)C1. The first-order valence-electron chi connectivity index (χ1n) is 6.37. The Labute approximate surface area is 107 Å². The van der Waals surface area contributed by atoms with E-state index < -0.39 is 0 Å². The van der Waals surface area contributed by atoms with Crippen LogP contribution in [-0.2, 0) is 0 Å². The van der Waals surface area contributed by atoms with Crippen molar-refractivity contribution in [2.24, 2.45) is 11.7 Å². The topological polar surface area (TPSA) is 46.3 Å². The van der Waals surface area contributed by atoms with Gasteiger partial charge in [0.15, 0.2) is 0 Å². The summed E-state index contributed by atoms with van der Waals surface area (Å²) in [5.74, 6) is 0.0802. The van der Waals surface area contributed by atoms with Crippen molar-refractivity contribution in [3.8, 4) is 0 Å². The van der Waals surface area contributed by atoms with Gasteiger partial charge in [-0.05, 0) is 56.0 Å². The zero-order valence-corrected chi connectivity index (χ0v) is 10.7. The van der Waals surface area contributed by atoms with Gasteiger partial charge >= 0.3 is 0 Å². The zero-order chi connectivity index (χ0) is 13.1. The highest BCUT2D eigenvalue weighted by molar-refractivity contribution is 5.95. The third-order valence-corrected chi connectivity index (χ3v) is 3.56. The quantitative estimate of drug-likeness (QED) is 0.872. The van der Waals surface area contributed by atoms with Crippen molar-refractivity contribution in [1.29, 1.82) is 0 Å². The summed E-state index contributed by atoms with van der Waals surface area (Å²) in [6, 6.07) is 4.31. The minimum atomic E-state index is -0.303. The third-order valence-electron chi connectivity index (χ3n) is 3.56. The molecule has 0 aliphatic carbocycles. The Hall–Kier alpha value is -1.42. The lowest BCUT2D eigenvalue weighted by molar-refractivity contribution is 0.0677. The molecule has 98 valence electrons. The first-order valence-corrected chi connectivity index (χ1v) is 6.37. The maximum Gasteiger partial charge on any atom is 0.254 e. The predicted molar refractivity (Wildman–Crippen MR) is 68.8 cm³/mol. The standard InChI is InChI=1S/C14H19FN2O/c1-10-7-12(15)4-5-13(10)14(18)17-6-2-3-11(8-16)9-17/h4-5,7,11H,2-3,6,8-9,16H2,1H3. The van der Waals surface area contributed by atoms with Crippen LogP contribution in [0.25, 0.3) is 0 Å². The molecule has 2 N–H and O–H groups in total. The molecule has 4 heteroatoms. The van der Waals surface area contributed by atoms with Crippen molar-refractivity contribution < 1.29 is 9.18 Å². The molecule has 1 aliphatic heterocycles. The average molecular weight is 250 g/mol. The average Bonchev–Trinajstić information content (AvgIpc) is 2.38. The molecule has 0 spiro atoms. The van der Waals surface area contributed by atoms with E-state index in [0.717, 1.165) is 19.4 Å². The van der Waals surface area contributed by atoms with Crippen LogP contribution in [0.15, 0.2) is 18.2 Å². The Morgan fingerprint density at radius 2 is 2.33 bits per heavy atom. The van der Waals surface area contributed by atoms with E-state index in [1.54, 1.807) is 13.0 Å². The van der Waals surface area contributed by atoms with Crippen molar-refractivity contribution in [1.82, 2.24) is 4.90 Å². The van der Waals surface area contributed by atoms with Gasteiger partial charge in [-0.2, -0.15) is 0 Å². The molecule has 2 rings (SSSR count). The molecule has 0 radical (unpaired) electrons. The molecule has 0 bridgehead atoms. The van der Waals surface area contributed by atoms with Crippen LogP contribution in [0.5, 0.6) is 0 Å². The van der Waals surface area contributed by atoms with E-state index in [0.29, 0.717) is 30.1 Å². The third kappa shape index (κ3) is 2.70. The van der Waals surface area contributed by atoms with E-state index in [9.17, 15) is 9.18 Å². The van der Waals surface area contributed by atoms with Crippen LogP contribution in [0.3, 0.4) is 0 Å². The van der Waals surface area contributed by atoms with E-state index in [-0.39, 0.29) is 11.7 Å². The summed E-state index contributed by atoms with van der Waals surface area (Å²) in [5, 5.41) is 0. The van der Waals surface area contributed by atoms with Crippen LogP contribution in [0.2, 0.25) is 0 Å². The maximum absolute atomic E-state index is 13.0. The van der Waals surface area contributed by atoms with Crippen molar-refractivity contribution in [2.45, 2.75) is 19.8 Å². The Bertz CT molecular complexity index is 447. The normalized spacial score (nSPS) is 19.9. The van der Waals surface area contributed by atoms with Crippen molar-refractivity contribution in [3.63, 3.8) is 0 Å². The van der Waals surface area contributed by atoms with Gasteiger partial charge in [-0.1, -0.05) is 0 Å². The molecule has 1 fully saturated rings. The Balaban J connectivity index is 2.15. The van der Waals surface area contributed by atoms with Crippen LogP contribution in [0, 0.1) is 18.7 Å². The molecule has 18 heavy (non-hydrogen) atoms. The van der Waals surface area contributed by atoms with Gasteiger partial charge in [-0.3, -0.25) is 4.79 Å². The van der Waals surface area contributed by atoms with Crippen LogP contribution in [-0.4, -0.2) is 30.4 Å². The summed E-state index contributed by atoms with van der Waals surface area (Å²) < 4.78 is 13.0. The number of nitrogens with zero attached hydrogens (tertiary/aromatic N) is 1. The number of hydrogen-bond donors (Lipinski definition) is 1. The molecule has 1 aromatic carbocycles. The second kappa shape index (κ2) is 5.48. The second-order valence-electron chi connectivity index (χ2n) is 4.95. The molecule has 1 heterocycles. The molecule has 1 unspecified atom stereocenters. The Kier molecular flexibility index (Phi) is 3.97. The molecule has 1 atom stereocenters. The summed E-state index contributed by atoms with van der Waals surface area (Å²) in [6.07, 6.45) is 2.08. The van der Waals surface area contributed by atoms with E-state index in [2.05, 4.69) is 0 Å². The van der Waals surface area contributed by atoms with E-state index >= 15 is 0 Å². The highest BCUT2D eigenvalue weighted by Gasteiger charge is 2.24. The number of piperidine rings is 1. The van der Waals surface area contributed by atoms with Gasteiger partial charge in [0.1, 0.15) is 5.82 Å². The fraction of sp³-hybridized carbons (Fsp3) is 0.500. The van der Waals surface area contributed by atoms with Crippen LogP contribution in [0.4, 0.5) is 4.39 Å². The fourth-order valence-electron chi connectivity index (χ4n) is 2.48. The van der Waals surface area contributed by atoms with E-state index in [4.69, 9.17) is 5.73 Å². The first-order chi connectivity index (χ1) is 8.61. The monoisotopic (exact) mass is 250 g/mol. The number of aryl methyl sites for hydroxylation is 1. The highest BCUT2D eigenvalue weighted by atomic mass is 19.1. The number of hydrogen-bond acceptors (Lipinski definition) is 2. The molecule has 3 nitrogen and oxygen atoms in total. The molecular weight excluding hydrogens is 231 g/mol. The van der Waals surface area contributed by atoms with Gasteiger partial charge < -0.3 is 10.6 Å². The van der Waals surface area contributed by atoms with Crippen molar-refractivity contribution in [2.75, 3.05) is 19.6 Å². The number of nitrogens with two attached hydrogens (primary N) is 1. The predicted octanol–water partition coefficient (Wildman–Crippen LogP) is 1.95. The summed E-state index contributed by atoms with van der Waals surface area (Å²) in [6.45, 7) is 3.87. The van der Waals surface area contributed by atoms with Gasteiger partial charge in [0.05, 0.1) is 0 Å². The Morgan fingerprint density at radius 1 is 1.56 bits per heavy atom. The largest absolute Gasteiger partial charge is 0.338 e. The summed E-state index contributed by atoms with van der Waals surface area (Å²) in [4.78, 5) is 14.2. The number of rotatable bonds is 2. The number of likely N-dealkylation sites (tertiary alicyclic amines) is 1. The number of carbonyl (C=O) groups is 1. The summed E-state index contributed by atoms with van der Waals surface area (Å²) in [5.41, 5.74) is 6.95. The molecule has 1 aliphatic rings. The molecular formula is C14H19FN2O. The number of halogens is 1. The van der Waals surface area contributed by atoms with Crippen molar-refractivity contribution >= 4 is 5.91 Å². The molecule has 0 aromatic heterocycles. The van der Waals surface area contributed by atoms with Crippen LogP contribution < -0.4 is 5.73 Å². The number of carbonyl (C=O) groups excluding carboxylic acids is 1. The van der Waals surface area contributed by atoms with Crippen molar-refractivity contribution in [3.05, 3.63) is 35.1 Å². The number of benzene rings is 1. The van der Waals surface area contributed by atoms with Crippen LogP contribution >= 0.6 is 0 Å². The molecule has 1 aromatic rings. The van der Waals surface area contributed by atoms with E-state index in [1.165, 1.54) is 12.1 Å². The minimum absolute atomic E-state index is 0.00866. The Morgan fingerprint density at radius 3 is 3.00 bits per heavy atom. The molecule has 1 saturated heterocycles. The first kappa shape index (κ1) is 13.0. The number of amides is 1. The lowest BCUT2D eigenvalue weighted by Gasteiger charge is -2.32. The zero-order valence-electron chi connectivity index (χ0n) is 10.7. The van der Waals surface area contributed by atoms with Crippen LogP contribution in [0.1, 0.15) is 28.8 Å². The maximum atomic E-state index is 13.0. The second-order valence-corrected chi connectivity index (χ2v) is 4.95. The van der Waals surface area contributed by atoms with Gasteiger partial charge in [0.2, 0.25) is 0 Å². The van der Waals surface area contributed by atoms with Gasteiger partial charge in [0.25, 0.3) is 5.91 Å². The van der Waals surface area contributed by atoms with E-state index in [1.807, 2.05) is 4.90 Å². The van der Waals surface area contributed by atoms with Gasteiger partial charge in [-0.25, -0.2) is 4.39 Å². The lowest BCUT2D eigenvalue weighted by atomic mass is 9.97. The summed E-state index contributed by atoms with van der Waals surface area (Å²) in [7, 11) is 0. The summed E-state index contributed by atoms with van der Waals surface area (Å²) >= 11 is 0. The lowest BCUT2D eigenvalue weighted by Crippen LogP contribution is -2.42. The fourth-order valence-corrected chi connectivity index (χ4v) is 2.48. The minimum Gasteiger partial charge on any atom is -0.338 e. The van der Waals surface area contributed by atoms with Gasteiger partial charge in [-0.15, -0.1) is 0 Å². The van der Waals surface area contributed by atoms with Gasteiger partial charge in [0, 0.05) is 18.7 Å². The molecule has 1 amide bonds. The smallest absolute Gasteiger partial charge is 0.254 e.